The van der Waals surface area contributed by atoms with Crippen LogP contribution in [0.25, 0.3) is 10.2 Å². The van der Waals surface area contributed by atoms with Crippen molar-refractivity contribution in [2.45, 2.75) is 11.2 Å². The molecule has 1 saturated heterocycles. The molecule has 1 aliphatic rings. The fourth-order valence-electron chi connectivity index (χ4n) is 1.98. The van der Waals surface area contributed by atoms with Crippen LogP contribution in [-0.4, -0.2) is 27.2 Å². The summed E-state index contributed by atoms with van der Waals surface area (Å²) in [7, 11) is 0. The number of rotatable bonds is 2. The molecular formula is C11H8BrN3O3S. The van der Waals surface area contributed by atoms with E-state index in [0.29, 0.717) is 23.6 Å². The highest BCUT2D eigenvalue weighted by atomic mass is 79.9. The molecule has 1 fully saturated rings. The first-order valence-electron chi connectivity index (χ1n) is 5.54. The second-order valence-electron chi connectivity index (χ2n) is 4.21. The summed E-state index contributed by atoms with van der Waals surface area (Å²) in [5.41, 5.74) is 0.565. The van der Waals surface area contributed by atoms with Crippen molar-refractivity contribution in [3.8, 4) is 0 Å². The van der Waals surface area contributed by atoms with Crippen molar-refractivity contribution in [2.24, 2.45) is 0 Å². The average molecular weight is 342 g/mol. The number of carbonyl (C=O) groups excluding carboxylic acids is 1. The summed E-state index contributed by atoms with van der Waals surface area (Å²) in [5, 5.41) is 11.3. The topological polar surface area (TPSA) is 76.3 Å². The lowest BCUT2D eigenvalue weighted by Gasteiger charge is -2.10. The minimum atomic E-state index is -0.450. The predicted molar refractivity (Wildman–Crippen MR) is 76.0 cm³/mol. The van der Waals surface area contributed by atoms with Crippen LogP contribution in [0.2, 0.25) is 0 Å². The van der Waals surface area contributed by atoms with Crippen LogP contribution in [0.5, 0.6) is 0 Å². The van der Waals surface area contributed by atoms with Gasteiger partial charge in [0.05, 0.1) is 15.1 Å². The fourth-order valence-corrected chi connectivity index (χ4v) is 3.52. The minimum Gasteiger partial charge on any atom is -0.287 e. The van der Waals surface area contributed by atoms with Gasteiger partial charge in [0.1, 0.15) is 0 Å². The molecule has 1 aliphatic heterocycles. The zero-order chi connectivity index (χ0) is 13.6. The van der Waals surface area contributed by atoms with E-state index in [0.717, 1.165) is 4.70 Å². The van der Waals surface area contributed by atoms with Crippen LogP contribution in [0.4, 0.5) is 10.8 Å². The number of carbonyl (C=O) groups is 1. The van der Waals surface area contributed by atoms with Gasteiger partial charge in [-0.2, -0.15) is 0 Å². The number of halogens is 1. The Morgan fingerprint density at radius 2 is 2.32 bits per heavy atom. The first kappa shape index (κ1) is 12.5. The number of anilines is 1. The molecule has 1 amide bonds. The van der Waals surface area contributed by atoms with E-state index in [1.54, 1.807) is 11.0 Å². The third-order valence-electron chi connectivity index (χ3n) is 2.88. The molecule has 0 bridgehead atoms. The maximum absolute atomic E-state index is 11.8. The van der Waals surface area contributed by atoms with E-state index in [2.05, 4.69) is 20.9 Å². The van der Waals surface area contributed by atoms with E-state index in [-0.39, 0.29) is 16.4 Å². The van der Waals surface area contributed by atoms with Gasteiger partial charge in [-0.05, 0) is 6.07 Å². The van der Waals surface area contributed by atoms with E-state index >= 15 is 0 Å². The van der Waals surface area contributed by atoms with Gasteiger partial charge in [-0.25, -0.2) is 4.98 Å². The quantitative estimate of drug-likeness (QED) is 0.478. The average Bonchev–Trinajstić information content (AvgIpc) is 2.90. The van der Waals surface area contributed by atoms with Crippen LogP contribution in [0.3, 0.4) is 0 Å². The van der Waals surface area contributed by atoms with Crippen molar-refractivity contribution < 1.29 is 9.72 Å². The van der Waals surface area contributed by atoms with Gasteiger partial charge >= 0.3 is 0 Å². The molecule has 1 aromatic heterocycles. The smallest absolute Gasteiger partial charge is 0.271 e. The van der Waals surface area contributed by atoms with E-state index in [1.165, 1.54) is 23.5 Å². The maximum atomic E-state index is 11.8. The number of hydrogen-bond acceptors (Lipinski definition) is 5. The Kier molecular flexibility index (Phi) is 2.98. The molecule has 2 aromatic rings. The molecule has 19 heavy (non-hydrogen) atoms. The van der Waals surface area contributed by atoms with Gasteiger partial charge in [0, 0.05) is 29.9 Å². The van der Waals surface area contributed by atoms with E-state index in [1.807, 2.05) is 0 Å². The Hall–Kier alpha value is -1.54. The van der Waals surface area contributed by atoms with Crippen LogP contribution in [0.1, 0.15) is 6.42 Å². The molecule has 0 aliphatic carbocycles. The van der Waals surface area contributed by atoms with Gasteiger partial charge in [-0.3, -0.25) is 19.8 Å². The highest BCUT2D eigenvalue weighted by Gasteiger charge is 2.30. The number of amides is 1. The summed E-state index contributed by atoms with van der Waals surface area (Å²) in [4.78, 5) is 28.1. The van der Waals surface area contributed by atoms with Crippen molar-refractivity contribution in [1.29, 1.82) is 0 Å². The summed E-state index contributed by atoms with van der Waals surface area (Å²) in [6, 6.07) is 4.55. The predicted octanol–water partition coefficient (Wildman–Crippen LogP) is 2.70. The van der Waals surface area contributed by atoms with Crippen molar-refractivity contribution >= 4 is 54.2 Å². The number of nitrogens with zero attached hydrogens (tertiary/aromatic N) is 3. The Labute approximate surface area is 120 Å². The summed E-state index contributed by atoms with van der Waals surface area (Å²) in [5.74, 6) is 0.0235. The second-order valence-corrected chi connectivity index (χ2v) is 6.52. The van der Waals surface area contributed by atoms with E-state index < -0.39 is 4.92 Å². The van der Waals surface area contributed by atoms with Gasteiger partial charge in [0.2, 0.25) is 5.91 Å². The number of hydrogen-bond donors (Lipinski definition) is 0. The van der Waals surface area contributed by atoms with Crippen molar-refractivity contribution in [1.82, 2.24) is 4.98 Å². The maximum Gasteiger partial charge on any atom is 0.271 e. The SMILES string of the molecule is O=C1CC(Br)CN1c1nc2cc([N+](=O)[O-])ccc2s1. The normalized spacial score (nSPS) is 19.3. The van der Waals surface area contributed by atoms with Gasteiger partial charge in [-0.1, -0.05) is 27.3 Å². The van der Waals surface area contributed by atoms with Gasteiger partial charge in [-0.15, -0.1) is 0 Å². The summed E-state index contributed by atoms with van der Waals surface area (Å²) >= 11 is 4.79. The van der Waals surface area contributed by atoms with E-state index in [4.69, 9.17) is 0 Å². The molecule has 3 rings (SSSR count). The molecule has 0 radical (unpaired) electrons. The van der Waals surface area contributed by atoms with Crippen LogP contribution >= 0.6 is 27.3 Å². The molecule has 98 valence electrons. The summed E-state index contributed by atoms with van der Waals surface area (Å²) < 4.78 is 0.839. The number of benzene rings is 1. The lowest BCUT2D eigenvalue weighted by molar-refractivity contribution is -0.384. The van der Waals surface area contributed by atoms with Crippen molar-refractivity contribution in [3.63, 3.8) is 0 Å². The van der Waals surface area contributed by atoms with Gasteiger partial charge in [0.25, 0.3) is 5.69 Å². The zero-order valence-corrected chi connectivity index (χ0v) is 12.0. The lowest BCUT2D eigenvalue weighted by atomic mass is 10.3. The molecule has 1 aromatic carbocycles. The van der Waals surface area contributed by atoms with Crippen LogP contribution in [0.15, 0.2) is 18.2 Å². The molecule has 8 heteroatoms. The molecule has 2 heterocycles. The number of nitro groups is 1. The monoisotopic (exact) mass is 341 g/mol. The Bertz CT molecular complexity index is 687. The molecule has 0 spiro atoms. The lowest BCUT2D eigenvalue weighted by Crippen LogP contribution is -2.24. The third-order valence-corrected chi connectivity index (χ3v) is 4.55. The van der Waals surface area contributed by atoms with Crippen molar-refractivity contribution in [3.05, 3.63) is 28.3 Å². The highest BCUT2D eigenvalue weighted by molar-refractivity contribution is 9.09. The third kappa shape index (κ3) is 2.21. The number of fused-ring (bicyclic) bond motifs is 1. The number of thiazole rings is 1. The molecule has 1 atom stereocenters. The molecule has 0 saturated carbocycles. The van der Waals surface area contributed by atoms with Crippen LogP contribution in [-0.2, 0) is 4.79 Å². The molecular weight excluding hydrogens is 334 g/mol. The van der Waals surface area contributed by atoms with Crippen LogP contribution < -0.4 is 4.90 Å². The van der Waals surface area contributed by atoms with Gasteiger partial charge in [0.15, 0.2) is 5.13 Å². The Morgan fingerprint density at radius 1 is 1.53 bits per heavy atom. The summed E-state index contributed by atoms with van der Waals surface area (Å²) in [6.45, 7) is 0.584. The van der Waals surface area contributed by atoms with Crippen molar-refractivity contribution in [2.75, 3.05) is 11.4 Å². The molecule has 0 N–H and O–H groups in total. The second kappa shape index (κ2) is 4.53. The van der Waals surface area contributed by atoms with Crippen LogP contribution in [0, 0.1) is 10.1 Å². The first-order chi connectivity index (χ1) is 9.04. The number of non-ortho nitro benzene ring substituents is 1. The Morgan fingerprint density at radius 3 is 2.95 bits per heavy atom. The summed E-state index contributed by atoms with van der Waals surface area (Å²) in [6.07, 6.45) is 0.454. The molecule has 1 unspecified atom stereocenters. The number of aromatic nitrogens is 1. The van der Waals surface area contributed by atoms with Gasteiger partial charge < -0.3 is 0 Å². The highest BCUT2D eigenvalue weighted by Crippen LogP contribution is 2.34. The number of alkyl halides is 1. The fraction of sp³-hybridized carbons (Fsp3) is 0.273. The zero-order valence-electron chi connectivity index (χ0n) is 9.58. The molecule has 6 nitrogen and oxygen atoms in total. The largest absolute Gasteiger partial charge is 0.287 e. The Balaban J connectivity index is 2.02. The minimum absolute atomic E-state index is 0.00969. The van der Waals surface area contributed by atoms with E-state index in [9.17, 15) is 14.9 Å². The first-order valence-corrected chi connectivity index (χ1v) is 7.27. The number of nitro benzene ring substituents is 1. The standard InChI is InChI=1S/C11H8BrN3O3S/c12-6-3-10(16)14(5-6)11-13-8-4-7(15(17)18)1-2-9(8)19-11/h1-2,4,6H,3,5H2.